The minimum absolute atomic E-state index is 0.0779. The Balaban J connectivity index is 1.15. The lowest BCUT2D eigenvalue weighted by molar-refractivity contribution is -0.135. The fraction of sp³-hybridized carbons (Fsp3) is 0.419. The SMILES string of the molecule is COC(=O)N[C@H](C(=O)N1CCC[C@H]1c1nc2ccc(-c3csc4c(-c5cnc([C@@H]6CCCN6)[nH]5)csc34)cc2[nH]1)C(C)C. The molecule has 0 saturated carbocycles. The molecular formula is C31H35N7O3S2. The maximum absolute atomic E-state index is 13.6. The molecule has 4 N–H and O–H groups in total. The molecule has 0 radical (unpaired) electrons. The van der Waals surface area contributed by atoms with Crippen LogP contribution in [-0.2, 0) is 9.53 Å². The van der Waals surface area contributed by atoms with Crippen molar-refractivity contribution < 1.29 is 14.3 Å². The normalized spacial score (nSPS) is 19.6. The number of amides is 2. The number of hydrogen-bond acceptors (Lipinski definition) is 8. The third kappa shape index (κ3) is 5.11. The number of nitrogens with zero attached hydrogens (tertiary/aromatic N) is 3. The number of thiophene rings is 2. The van der Waals surface area contributed by atoms with E-state index in [2.05, 4.69) is 54.5 Å². The average Bonchev–Trinajstić information content (AvgIpc) is 3.84. The maximum Gasteiger partial charge on any atom is 0.407 e. The van der Waals surface area contributed by atoms with E-state index in [1.807, 2.05) is 24.9 Å². The van der Waals surface area contributed by atoms with Gasteiger partial charge in [-0.2, -0.15) is 0 Å². The third-order valence-electron chi connectivity index (χ3n) is 8.61. The minimum atomic E-state index is -0.659. The standard InChI is InChI=1S/C31H35N7O3S2/c1-16(2)25(37-31(40)41-3)30(39)38-11-5-7-24(38)29-34-20-9-8-17(12-22(20)35-29)18-14-42-27-19(15-43-26(18)27)23-13-33-28(36-23)21-6-4-10-32-21/h8-9,12-16,21,24-25,32H,4-7,10-11H2,1-3H3,(H,33,36)(H,34,35)(H,37,40)/t21-,24-,25-/m0/s1. The number of nitrogens with one attached hydrogen (secondary N) is 4. The fourth-order valence-electron chi connectivity index (χ4n) is 6.32. The lowest BCUT2D eigenvalue weighted by Crippen LogP contribution is -2.51. The molecule has 0 unspecified atom stereocenters. The van der Waals surface area contributed by atoms with Crippen LogP contribution in [0.1, 0.15) is 63.3 Å². The highest BCUT2D eigenvalue weighted by molar-refractivity contribution is 7.27. The summed E-state index contributed by atoms with van der Waals surface area (Å²) < 4.78 is 7.29. The number of rotatable bonds is 7. The van der Waals surface area contributed by atoms with Crippen LogP contribution in [0.2, 0.25) is 0 Å². The van der Waals surface area contributed by atoms with E-state index in [0.29, 0.717) is 12.6 Å². The molecule has 2 saturated heterocycles. The van der Waals surface area contributed by atoms with Gasteiger partial charge in [0.15, 0.2) is 0 Å². The largest absolute Gasteiger partial charge is 0.453 e. The summed E-state index contributed by atoms with van der Waals surface area (Å²) in [5.74, 6) is 1.61. The minimum Gasteiger partial charge on any atom is -0.453 e. The zero-order valence-electron chi connectivity index (χ0n) is 24.4. The quantitative estimate of drug-likeness (QED) is 0.168. The zero-order valence-corrected chi connectivity index (χ0v) is 26.0. The molecule has 1 aromatic carbocycles. The van der Waals surface area contributed by atoms with Crippen LogP contribution < -0.4 is 10.6 Å². The summed E-state index contributed by atoms with van der Waals surface area (Å²) in [4.78, 5) is 44.0. The molecule has 0 bridgehead atoms. The van der Waals surface area contributed by atoms with Crippen LogP contribution in [0.5, 0.6) is 0 Å². The third-order valence-corrected chi connectivity index (χ3v) is 10.8. The molecule has 0 aliphatic carbocycles. The number of methoxy groups -OCH3 is 1. The number of alkyl carbamates (subject to hydrolysis) is 1. The number of aromatic nitrogens is 4. The molecule has 2 aliphatic heterocycles. The van der Waals surface area contributed by atoms with Crippen molar-refractivity contribution in [2.24, 2.45) is 5.92 Å². The van der Waals surface area contributed by atoms with Gasteiger partial charge in [-0.3, -0.25) is 4.79 Å². The van der Waals surface area contributed by atoms with Gasteiger partial charge in [0.2, 0.25) is 5.91 Å². The Morgan fingerprint density at radius 1 is 1.07 bits per heavy atom. The Labute approximate surface area is 257 Å². The van der Waals surface area contributed by atoms with Gasteiger partial charge >= 0.3 is 6.09 Å². The van der Waals surface area contributed by atoms with Crippen molar-refractivity contribution in [1.82, 2.24) is 35.5 Å². The van der Waals surface area contributed by atoms with Gasteiger partial charge < -0.3 is 30.2 Å². The molecule has 43 heavy (non-hydrogen) atoms. The molecule has 10 nitrogen and oxygen atoms in total. The number of hydrogen-bond donors (Lipinski definition) is 4. The molecule has 224 valence electrons. The molecule has 6 heterocycles. The van der Waals surface area contributed by atoms with Crippen molar-refractivity contribution in [1.29, 1.82) is 0 Å². The first-order valence-electron chi connectivity index (χ1n) is 14.8. The van der Waals surface area contributed by atoms with E-state index < -0.39 is 12.1 Å². The first-order chi connectivity index (χ1) is 20.9. The van der Waals surface area contributed by atoms with Crippen LogP contribution in [0.4, 0.5) is 4.79 Å². The molecule has 4 aromatic heterocycles. The Bertz CT molecular complexity index is 1790. The lowest BCUT2D eigenvalue weighted by Gasteiger charge is -2.29. The second-order valence-corrected chi connectivity index (χ2v) is 13.4. The molecule has 2 aliphatic rings. The molecule has 7 rings (SSSR count). The summed E-state index contributed by atoms with van der Waals surface area (Å²) in [5.41, 5.74) is 6.41. The van der Waals surface area contributed by atoms with Crippen molar-refractivity contribution in [3.63, 3.8) is 0 Å². The molecule has 2 fully saturated rings. The van der Waals surface area contributed by atoms with Crippen LogP contribution in [0.3, 0.4) is 0 Å². The van der Waals surface area contributed by atoms with Gasteiger partial charge in [-0.05, 0) is 55.8 Å². The average molecular weight is 618 g/mol. The van der Waals surface area contributed by atoms with Crippen molar-refractivity contribution in [3.05, 3.63) is 46.8 Å². The Morgan fingerprint density at radius 3 is 2.65 bits per heavy atom. The highest BCUT2D eigenvalue weighted by Gasteiger charge is 2.37. The predicted octanol–water partition coefficient (Wildman–Crippen LogP) is 6.36. The van der Waals surface area contributed by atoms with Gasteiger partial charge in [-0.25, -0.2) is 14.8 Å². The summed E-state index contributed by atoms with van der Waals surface area (Å²) in [6.45, 7) is 5.51. The number of fused-ring (bicyclic) bond motifs is 2. The van der Waals surface area contributed by atoms with Crippen LogP contribution in [0.15, 0.2) is 35.2 Å². The Kier molecular flexibility index (Phi) is 7.44. The van der Waals surface area contributed by atoms with E-state index in [0.717, 1.165) is 59.7 Å². The van der Waals surface area contributed by atoms with Crippen molar-refractivity contribution >= 4 is 55.1 Å². The predicted molar refractivity (Wildman–Crippen MR) is 170 cm³/mol. The summed E-state index contributed by atoms with van der Waals surface area (Å²) in [6.07, 6.45) is 5.36. The summed E-state index contributed by atoms with van der Waals surface area (Å²) in [7, 11) is 1.31. The number of aromatic amines is 2. The summed E-state index contributed by atoms with van der Waals surface area (Å²) >= 11 is 3.52. The van der Waals surface area contributed by atoms with Gasteiger partial charge in [-0.1, -0.05) is 19.9 Å². The van der Waals surface area contributed by atoms with E-state index in [4.69, 9.17) is 9.72 Å². The van der Waals surface area contributed by atoms with Crippen LogP contribution in [0, 0.1) is 5.92 Å². The smallest absolute Gasteiger partial charge is 0.407 e. The monoisotopic (exact) mass is 617 g/mol. The Morgan fingerprint density at radius 2 is 1.88 bits per heavy atom. The van der Waals surface area contributed by atoms with Gasteiger partial charge in [0.25, 0.3) is 0 Å². The van der Waals surface area contributed by atoms with Gasteiger partial charge in [0.05, 0.1) is 51.5 Å². The first kappa shape index (κ1) is 28.1. The van der Waals surface area contributed by atoms with Crippen molar-refractivity contribution in [2.45, 2.75) is 57.7 Å². The molecule has 3 atom stereocenters. The summed E-state index contributed by atoms with van der Waals surface area (Å²) in [6, 6.07) is 5.82. The number of benzene rings is 1. The van der Waals surface area contributed by atoms with E-state index in [9.17, 15) is 9.59 Å². The lowest BCUT2D eigenvalue weighted by atomic mass is 10.0. The summed E-state index contributed by atoms with van der Waals surface area (Å²) in [5, 5.41) is 10.7. The second-order valence-electron chi connectivity index (χ2n) is 11.7. The van der Waals surface area contributed by atoms with Crippen LogP contribution in [-0.4, -0.2) is 63.1 Å². The zero-order chi connectivity index (χ0) is 29.7. The molecular weight excluding hydrogens is 583 g/mol. The molecule has 12 heteroatoms. The van der Waals surface area contributed by atoms with E-state index >= 15 is 0 Å². The Hall–Kier alpha value is -3.74. The number of imidazole rings is 2. The van der Waals surface area contributed by atoms with Crippen LogP contribution >= 0.6 is 22.7 Å². The number of carbonyl (C=O) groups excluding carboxylic acids is 2. The number of H-pyrrole nitrogens is 2. The van der Waals surface area contributed by atoms with Gasteiger partial charge in [0.1, 0.15) is 17.7 Å². The maximum atomic E-state index is 13.6. The highest BCUT2D eigenvalue weighted by atomic mass is 32.1. The number of likely N-dealkylation sites (tertiary alicyclic amines) is 1. The van der Waals surface area contributed by atoms with Gasteiger partial charge in [0, 0.05) is 28.4 Å². The van der Waals surface area contributed by atoms with E-state index in [-0.39, 0.29) is 17.9 Å². The van der Waals surface area contributed by atoms with E-state index in [1.54, 1.807) is 22.7 Å². The highest BCUT2D eigenvalue weighted by Crippen LogP contribution is 2.44. The second kappa shape index (κ2) is 11.4. The van der Waals surface area contributed by atoms with Gasteiger partial charge in [-0.15, -0.1) is 22.7 Å². The molecule has 2 amide bonds. The van der Waals surface area contributed by atoms with Crippen molar-refractivity contribution in [2.75, 3.05) is 20.2 Å². The molecule has 5 aromatic rings. The van der Waals surface area contributed by atoms with Crippen molar-refractivity contribution in [3.8, 4) is 22.4 Å². The fourth-order valence-corrected chi connectivity index (χ4v) is 8.76. The number of carbonyl (C=O) groups is 2. The molecule has 0 spiro atoms. The first-order valence-corrected chi connectivity index (χ1v) is 16.6. The number of ether oxygens (including phenoxy) is 1. The van der Waals surface area contributed by atoms with E-state index in [1.165, 1.54) is 34.1 Å². The topological polar surface area (TPSA) is 128 Å². The van der Waals surface area contributed by atoms with Crippen LogP contribution in [0.25, 0.3) is 42.8 Å².